The summed E-state index contributed by atoms with van der Waals surface area (Å²) in [6.07, 6.45) is 0.952. The van der Waals surface area contributed by atoms with Crippen LogP contribution in [0.2, 0.25) is 0 Å². The summed E-state index contributed by atoms with van der Waals surface area (Å²) in [7, 11) is 3.31. The van der Waals surface area contributed by atoms with Gasteiger partial charge in [-0.1, -0.05) is 6.07 Å². The third kappa shape index (κ3) is 6.14. The highest BCUT2D eigenvalue weighted by atomic mass is 32.1. The van der Waals surface area contributed by atoms with Gasteiger partial charge in [-0.2, -0.15) is 0 Å². The molecule has 2 aromatic rings. The molecule has 2 N–H and O–H groups in total. The fourth-order valence-electron chi connectivity index (χ4n) is 2.57. The van der Waals surface area contributed by atoms with E-state index in [4.69, 9.17) is 4.74 Å². The maximum atomic E-state index is 13.7. The molecule has 0 spiro atoms. The molecule has 1 unspecified atom stereocenters. The van der Waals surface area contributed by atoms with Crippen LogP contribution in [-0.2, 0) is 24.3 Å². The summed E-state index contributed by atoms with van der Waals surface area (Å²) in [6, 6.07) is 9.64. The van der Waals surface area contributed by atoms with Crippen LogP contribution in [0.3, 0.4) is 0 Å². The van der Waals surface area contributed by atoms with Crippen molar-refractivity contribution < 1.29 is 9.13 Å². The minimum Gasteiger partial charge on any atom is -0.380 e. The van der Waals surface area contributed by atoms with Crippen molar-refractivity contribution in [1.82, 2.24) is 10.6 Å². The lowest BCUT2D eigenvalue weighted by Gasteiger charge is -2.17. The van der Waals surface area contributed by atoms with Gasteiger partial charge in [0.2, 0.25) is 0 Å². The lowest BCUT2D eigenvalue weighted by Crippen LogP contribution is -2.42. The van der Waals surface area contributed by atoms with Crippen LogP contribution < -0.4 is 10.6 Å². The van der Waals surface area contributed by atoms with Gasteiger partial charge in [-0.3, -0.25) is 4.99 Å². The molecule has 0 radical (unpaired) electrons. The number of hydrogen-bond donors (Lipinski definition) is 2. The molecular weight excluding hydrogens is 337 g/mol. The van der Waals surface area contributed by atoms with Crippen LogP contribution in [0.25, 0.3) is 0 Å². The molecule has 1 atom stereocenters. The summed E-state index contributed by atoms with van der Waals surface area (Å²) < 4.78 is 18.7. The molecule has 25 heavy (non-hydrogen) atoms. The highest BCUT2D eigenvalue weighted by molar-refractivity contribution is 7.11. The monoisotopic (exact) mass is 363 g/mol. The number of methoxy groups -OCH3 is 1. The van der Waals surface area contributed by atoms with E-state index in [1.807, 2.05) is 17.4 Å². The Morgan fingerprint density at radius 2 is 2.12 bits per heavy atom. The molecule has 0 saturated heterocycles. The van der Waals surface area contributed by atoms with Crippen molar-refractivity contribution in [3.8, 4) is 0 Å². The van der Waals surface area contributed by atoms with Crippen molar-refractivity contribution in [2.75, 3.05) is 14.2 Å². The molecule has 2 rings (SSSR count). The molecule has 1 heterocycles. The van der Waals surface area contributed by atoms with Crippen LogP contribution >= 0.6 is 11.3 Å². The first-order valence-corrected chi connectivity index (χ1v) is 9.12. The van der Waals surface area contributed by atoms with Crippen LogP contribution in [0, 0.1) is 12.7 Å². The van der Waals surface area contributed by atoms with E-state index < -0.39 is 0 Å². The largest absolute Gasteiger partial charge is 0.380 e. The first-order chi connectivity index (χ1) is 12.0. The quantitative estimate of drug-likeness (QED) is 0.583. The minimum atomic E-state index is -0.243. The number of thiophene rings is 1. The molecule has 0 aliphatic heterocycles. The number of nitrogens with zero attached hydrogens (tertiary/aromatic N) is 1. The second-order valence-electron chi connectivity index (χ2n) is 6.05. The van der Waals surface area contributed by atoms with Gasteiger partial charge < -0.3 is 15.4 Å². The van der Waals surface area contributed by atoms with Crippen LogP contribution in [0.5, 0.6) is 0 Å². The van der Waals surface area contributed by atoms with Crippen LogP contribution in [0.15, 0.2) is 35.3 Å². The molecule has 0 fully saturated rings. The van der Waals surface area contributed by atoms with Gasteiger partial charge in [-0.25, -0.2) is 4.39 Å². The fraction of sp³-hybridized carbons (Fsp3) is 0.421. The average molecular weight is 364 g/mol. The number of nitrogens with one attached hydrogen (secondary N) is 2. The van der Waals surface area contributed by atoms with E-state index >= 15 is 0 Å². The van der Waals surface area contributed by atoms with E-state index in [0.717, 1.165) is 17.9 Å². The van der Waals surface area contributed by atoms with Crippen LogP contribution in [-0.4, -0.2) is 26.2 Å². The van der Waals surface area contributed by atoms with Crippen LogP contribution in [0.1, 0.15) is 27.8 Å². The second-order valence-corrected chi connectivity index (χ2v) is 7.42. The third-order valence-corrected chi connectivity index (χ3v) is 4.80. The Balaban J connectivity index is 1.88. The minimum absolute atomic E-state index is 0.243. The van der Waals surface area contributed by atoms with Crippen molar-refractivity contribution in [1.29, 1.82) is 0 Å². The normalized spacial score (nSPS) is 12.9. The van der Waals surface area contributed by atoms with Gasteiger partial charge in [0.15, 0.2) is 5.96 Å². The number of aliphatic imine (C=N–C) groups is 1. The van der Waals surface area contributed by atoms with E-state index in [9.17, 15) is 4.39 Å². The van der Waals surface area contributed by atoms with Gasteiger partial charge in [0, 0.05) is 48.5 Å². The van der Waals surface area contributed by atoms with Gasteiger partial charge in [0.25, 0.3) is 0 Å². The lowest BCUT2D eigenvalue weighted by molar-refractivity contribution is 0.181. The zero-order valence-electron chi connectivity index (χ0n) is 15.2. The zero-order valence-corrected chi connectivity index (χ0v) is 16.0. The molecular formula is C19H26FN3OS. The van der Waals surface area contributed by atoms with E-state index in [0.29, 0.717) is 12.1 Å². The summed E-state index contributed by atoms with van der Waals surface area (Å²) in [4.78, 5) is 6.95. The molecule has 0 saturated carbocycles. The summed E-state index contributed by atoms with van der Waals surface area (Å²) in [5, 5.41) is 6.67. The van der Waals surface area contributed by atoms with Gasteiger partial charge in [-0.05, 0) is 43.7 Å². The summed E-state index contributed by atoms with van der Waals surface area (Å²) in [5.41, 5.74) is 1.55. The summed E-state index contributed by atoms with van der Waals surface area (Å²) >= 11 is 1.82. The number of ether oxygens (including phenoxy) is 1. The van der Waals surface area contributed by atoms with Crippen LogP contribution in [0.4, 0.5) is 4.39 Å². The molecule has 136 valence electrons. The summed E-state index contributed by atoms with van der Waals surface area (Å²) in [6.45, 7) is 5.09. The predicted molar refractivity (Wildman–Crippen MR) is 103 cm³/mol. The highest BCUT2D eigenvalue weighted by Gasteiger charge is 2.09. The van der Waals surface area contributed by atoms with E-state index in [-0.39, 0.29) is 18.5 Å². The van der Waals surface area contributed by atoms with Gasteiger partial charge in [-0.15, -0.1) is 11.3 Å². The van der Waals surface area contributed by atoms with Gasteiger partial charge in [0.1, 0.15) is 5.82 Å². The van der Waals surface area contributed by atoms with Gasteiger partial charge in [0.05, 0.1) is 6.61 Å². The highest BCUT2D eigenvalue weighted by Crippen LogP contribution is 2.16. The summed E-state index contributed by atoms with van der Waals surface area (Å²) in [5.74, 6) is 0.492. The Hall–Kier alpha value is -1.92. The van der Waals surface area contributed by atoms with Gasteiger partial charge >= 0.3 is 0 Å². The molecule has 4 nitrogen and oxygen atoms in total. The molecule has 0 amide bonds. The first kappa shape index (κ1) is 19.4. The van der Waals surface area contributed by atoms with Crippen molar-refractivity contribution in [2.45, 2.75) is 39.5 Å². The van der Waals surface area contributed by atoms with Crippen molar-refractivity contribution in [2.24, 2.45) is 4.99 Å². The predicted octanol–water partition coefficient (Wildman–Crippen LogP) is 3.64. The average Bonchev–Trinajstić information content (AvgIpc) is 2.99. The molecule has 0 bridgehead atoms. The number of rotatable bonds is 7. The fourth-order valence-corrected chi connectivity index (χ4v) is 3.58. The molecule has 0 aliphatic rings. The second kappa shape index (κ2) is 9.53. The van der Waals surface area contributed by atoms with E-state index in [1.165, 1.54) is 15.8 Å². The number of guanidine groups is 1. The van der Waals surface area contributed by atoms with Crippen molar-refractivity contribution >= 4 is 17.3 Å². The van der Waals surface area contributed by atoms with Crippen molar-refractivity contribution in [3.63, 3.8) is 0 Å². The number of halogens is 1. The standard InChI is InChI=1S/C19H26FN3OS/c1-13(9-17-7-5-14(2)25-17)23-19(21-3)22-11-15-6-8-18(20)16(10-15)12-24-4/h5-8,10,13H,9,11-12H2,1-4H3,(H2,21,22,23). The first-order valence-electron chi connectivity index (χ1n) is 8.30. The Morgan fingerprint density at radius 3 is 2.76 bits per heavy atom. The van der Waals surface area contributed by atoms with E-state index in [2.05, 4.69) is 41.6 Å². The number of hydrogen-bond acceptors (Lipinski definition) is 3. The topological polar surface area (TPSA) is 45.7 Å². The molecule has 0 aliphatic carbocycles. The smallest absolute Gasteiger partial charge is 0.191 e. The Bertz CT molecular complexity index is 714. The number of benzene rings is 1. The maximum Gasteiger partial charge on any atom is 0.191 e. The van der Waals surface area contributed by atoms with E-state index in [1.54, 1.807) is 20.2 Å². The molecule has 1 aromatic heterocycles. The lowest BCUT2D eigenvalue weighted by atomic mass is 10.1. The SMILES string of the molecule is CN=C(NCc1ccc(F)c(COC)c1)NC(C)Cc1ccc(C)s1. The Kier molecular flexibility index (Phi) is 7.40. The zero-order chi connectivity index (χ0) is 18.2. The van der Waals surface area contributed by atoms with Crippen molar-refractivity contribution in [3.05, 3.63) is 57.0 Å². The number of aryl methyl sites for hydroxylation is 1. The third-order valence-electron chi connectivity index (χ3n) is 3.78. The Labute approximate surface area is 153 Å². The maximum absolute atomic E-state index is 13.7. The molecule has 6 heteroatoms. The molecule has 1 aromatic carbocycles. The Morgan fingerprint density at radius 1 is 1.32 bits per heavy atom.